The van der Waals surface area contributed by atoms with E-state index in [1.807, 2.05) is 0 Å². The first-order valence-electron chi connectivity index (χ1n) is 11.6. The van der Waals surface area contributed by atoms with Gasteiger partial charge in [0, 0.05) is 23.4 Å². The molecule has 4 N–H and O–H groups in total. The van der Waals surface area contributed by atoms with Crippen molar-refractivity contribution in [2.24, 2.45) is 15.2 Å². The van der Waals surface area contributed by atoms with Crippen molar-refractivity contribution in [1.82, 2.24) is 0 Å². The minimum atomic E-state index is -4.96. The summed E-state index contributed by atoms with van der Waals surface area (Å²) < 4.78 is 82.8. The van der Waals surface area contributed by atoms with Crippen molar-refractivity contribution in [1.29, 1.82) is 0 Å². The fourth-order valence-electron chi connectivity index (χ4n) is 4.44. The van der Waals surface area contributed by atoms with Crippen LogP contribution in [-0.2, 0) is 20.2 Å². The van der Waals surface area contributed by atoms with E-state index in [1.165, 1.54) is 36.4 Å². The summed E-state index contributed by atoms with van der Waals surface area (Å²) in [7, 11) is -8.07. The van der Waals surface area contributed by atoms with Crippen molar-refractivity contribution in [2.75, 3.05) is 12.4 Å². The van der Waals surface area contributed by atoms with Gasteiger partial charge in [0.2, 0.25) is 0 Å². The molecule has 0 saturated carbocycles. The smallest absolute Gasteiger partial charge is 0.296 e. The zero-order chi connectivity index (χ0) is 29.1. The number of hydrogen-bond acceptors (Lipinski definition) is 9. The summed E-state index contributed by atoms with van der Waals surface area (Å²) in [5.74, 6) is -1.12. The number of aromatic hydroxyl groups is 1. The number of azo groups is 1. The SMILES string of the molecule is CNc1ccc2c(O)c(C3=Nc4cc(C)c(F)cc43)c(S(=O)(=O)O)cc2c1N=Nc1ccc(C)cc1S(=O)(=O)O. The number of nitrogens with zero attached hydrogens (tertiary/aromatic N) is 3. The molecule has 4 aromatic rings. The molecule has 1 aliphatic heterocycles. The number of fused-ring (bicyclic) bond motifs is 2. The first kappa shape index (κ1) is 27.3. The lowest BCUT2D eigenvalue weighted by molar-refractivity contribution is 0.469. The molecular weight excluding hydrogens is 563 g/mol. The summed E-state index contributed by atoms with van der Waals surface area (Å²) in [6.45, 7) is 3.17. The maximum Gasteiger partial charge on any atom is 0.296 e. The molecule has 0 atom stereocenters. The van der Waals surface area contributed by atoms with Crippen LogP contribution in [0.25, 0.3) is 10.8 Å². The topological polar surface area (TPSA) is 178 Å². The van der Waals surface area contributed by atoms with Crippen LogP contribution in [0.15, 0.2) is 73.5 Å². The quantitative estimate of drug-likeness (QED) is 0.144. The van der Waals surface area contributed by atoms with Crippen LogP contribution in [0.2, 0.25) is 0 Å². The molecule has 0 radical (unpaired) electrons. The van der Waals surface area contributed by atoms with Gasteiger partial charge in [0.15, 0.2) is 0 Å². The number of aliphatic imine (C=N–C) groups is 1. The van der Waals surface area contributed by atoms with Gasteiger partial charge in [0.1, 0.15) is 32.7 Å². The molecule has 0 amide bonds. The van der Waals surface area contributed by atoms with Crippen LogP contribution in [0.4, 0.5) is 27.1 Å². The highest BCUT2D eigenvalue weighted by atomic mass is 32.2. The molecule has 1 heterocycles. The number of benzene rings is 4. The van der Waals surface area contributed by atoms with Crippen LogP contribution in [0, 0.1) is 19.7 Å². The normalized spacial score (nSPS) is 13.3. The predicted molar refractivity (Wildman–Crippen MR) is 147 cm³/mol. The number of nitrogens with one attached hydrogen (secondary N) is 1. The van der Waals surface area contributed by atoms with E-state index in [1.54, 1.807) is 27.0 Å². The number of phenols is 1. The van der Waals surface area contributed by atoms with Crippen LogP contribution in [0.1, 0.15) is 22.3 Å². The summed E-state index contributed by atoms with van der Waals surface area (Å²) in [4.78, 5) is 3.05. The van der Waals surface area contributed by atoms with Gasteiger partial charge in [-0.25, -0.2) is 9.38 Å². The Labute approximate surface area is 228 Å². The largest absolute Gasteiger partial charge is 0.507 e. The van der Waals surface area contributed by atoms with Gasteiger partial charge < -0.3 is 10.4 Å². The number of aryl methyl sites for hydroxylation is 2. The second kappa shape index (κ2) is 9.45. The Bertz CT molecular complexity index is 2040. The lowest BCUT2D eigenvalue weighted by Gasteiger charge is -2.23. The van der Waals surface area contributed by atoms with Crippen molar-refractivity contribution >= 4 is 59.5 Å². The molecule has 40 heavy (non-hydrogen) atoms. The van der Waals surface area contributed by atoms with Crippen molar-refractivity contribution in [3.63, 3.8) is 0 Å². The number of anilines is 1. The monoisotopic (exact) mass is 584 g/mol. The molecule has 0 fully saturated rings. The van der Waals surface area contributed by atoms with E-state index in [0.29, 0.717) is 22.5 Å². The molecular formula is C26H21FN4O7S2. The first-order valence-corrected chi connectivity index (χ1v) is 14.5. The number of rotatable bonds is 6. The van der Waals surface area contributed by atoms with Crippen molar-refractivity contribution in [3.8, 4) is 5.75 Å². The molecule has 4 aromatic carbocycles. The highest BCUT2D eigenvalue weighted by Gasteiger charge is 2.32. The summed E-state index contributed by atoms with van der Waals surface area (Å²) in [6, 6.07) is 10.8. The second-order valence-corrected chi connectivity index (χ2v) is 11.9. The van der Waals surface area contributed by atoms with E-state index in [4.69, 9.17) is 0 Å². The maximum absolute atomic E-state index is 14.3. The van der Waals surface area contributed by atoms with Crippen LogP contribution < -0.4 is 5.32 Å². The zero-order valence-corrected chi connectivity index (χ0v) is 22.8. The Morgan fingerprint density at radius 1 is 0.875 bits per heavy atom. The Morgan fingerprint density at radius 3 is 2.23 bits per heavy atom. The zero-order valence-electron chi connectivity index (χ0n) is 21.1. The molecule has 0 unspecified atom stereocenters. The molecule has 1 aliphatic rings. The van der Waals surface area contributed by atoms with Gasteiger partial charge in [-0.1, -0.05) is 6.07 Å². The first-order chi connectivity index (χ1) is 18.7. The van der Waals surface area contributed by atoms with Gasteiger partial charge in [-0.15, -0.1) is 10.2 Å². The Hall–Kier alpha value is -4.24. The Morgan fingerprint density at radius 2 is 1.57 bits per heavy atom. The Balaban J connectivity index is 1.77. The summed E-state index contributed by atoms with van der Waals surface area (Å²) in [6.07, 6.45) is 0. The molecule has 0 aliphatic carbocycles. The van der Waals surface area contributed by atoms with Crippen LogP contribution in [0.3, 0.4) is 0 Å². The van der Waals surface area contributed by atoms with E-state index in [-0.39, 0.29) is 39.0 Å². The van der Waals surface area contributed by atoms with Gasteiger partial charge in [-0.05, 0) is 67.4 Å². The molecule has 0 bridgehead atoms. The van der Waals surface area contributed by atoms with E-state index in [0.717, 1.165) is 6.07 Å². The third-order valence-corrected chi connectivity index (χ3v) is 8.19. The summed E-state index contributed by atoms with van der Waals surface area (Å²) >= 11 is 0. The van der Waals surface area contributed by atoms with Gasteiger partial charge in [-0.3, -0.25) is 9.11 Å². The van der Waals surface area contributed by atoms with Crippen molar-refractivity contribution < 1.29 is 35.4 Å². The van der Waals surface area contributed by atoms with E-state index in [9.17, 15) is 35.4 Å². The maximum atomic E-state index is 14.3. The Kier molecular flexibility index (Phi) is 6.45. The molecule has 0 aromatic heterocycles. The van der Waals surface area contributed by atoms with Gasteiger partial charge in [0.25, 0.3) is 20.2 Å². The molecule has 206 valence electrons. The second-order valence-electron chi connectivity index (χ2n) is 9.11. The number of hydrogen-bond donors (Lipinski definition) is 4. The fraction of sp³-hybridized carbons (Fsp3) is 0.115. The van der Waals surface area contributed by atoms with Crippen LogP contribution in [0.5, 0.6) is 5.75 Å². The van der Waals surface area contributed by atoms with Crippen molar-refractivity contribution in [2.45, 2.75) is 23.6 Å². The molecule has 14 heteroatoms. The molecule has 0 spiro atoms. The highest BCUT2D eigenvalue weighted by Crippen LogP contribution is 2.46. The minimum absolute atomic E-state index is 0.00812. The van der Waals surface area contributed by atoms with E-state index in [2.05, 4.69) is 20.5 Å². The van der Waals surface area contributed by atoms with Crippen molar-refractivity contribution in [3.05, 3.63) is 76.6 Å². The van der Waals surface area contributed by atoms with Crippen LogP contribution >= 0.6 is 0 Å². The number of phenolic OH excluding ortho intramolecular Hbond substituents is 1. The summed E-state index contributed by atoms with van der Waals surface area (Å²) in [5, 5.41) is 22.4. The number of halogens is 1. The average Bonchev–Trinajstić information content (AvgIpc) is 2.86. The molecule has 0 saturated heterocycles. The van der Waals surface area contributed by atoms with Gasteiger partial charge >= 0.3 is 0 Å². The predicted octanol–water partition coefficient (Wildman–Crippen LogP) is 5.73. The van der Waals surface area contributed by atoms with E-state index < -0.39 is 41.6 Å². The van der Waals surface area contributed by atoms with Gasteiger partial charge in [-0.2, -0.15) is 16.8 Å². The average molecular weight is 585 g/mol. The van der Waals surface area contributed by atoms with E-state index >= 15 is 0 Å². The third kappa shape index (κ3) is 4.60. The fourth-order valence-corrected chi connectivity index (χ4v) is 5.86. The molecule has 11 nitrogen and oxygen atoms in total. The minimum Gasteiger partial charge on any atom is -0.507 e. The molecule has 5 rings (SSSR count). The third-order valence-electron chi connectivity index (χ3n) is 6.43. The highest BCUT2D eigenvalue weighted by molar-refractivity contribution is 7.86. The summed E-state index contributed by atoms with van der Waals surface area (Å²) in [5.41, 5.74) is 1.28. The standard InChI is InChI=1S/C26H21FN4O7S2/c1-12-4-6-18(21(8-12)39(33,34)35)30-31-24-15-11-22(40(36,37)38)23(26(32)14(15)5-7-19(24)28-3)25-16-10-17(27)13(2)9-20(16)29-25/h4-11,28,32H,1-3H3,(H,33,34,35)(H,36,37,38). The lowest BCUT2D eigenvalue weighted by Crippen LogP contribution is -2.17. The lowest BCUT2D eigenvalue weighted by atomic mass is 9.91. The van der Waals surface area contributed by atoms with Gasteiger partial charge in [0.05, 0.1) is 22.6 Å². The van der Waals surface area contributed by atoms with Crippen LogP contribution in [-0.4, -0.2) is 43.8 Å².